The van der Waals surface area contributed by atoms with Crippen LogP contribution in [0.4, 0.5) is 0 Å². The maximum Gasteiger partial charge on any atom is 0.172 e. The number of morpholine rings is 1. The molecule has 1 saturated heterocycles. The van der Waals surface area contributed by atoms with E-state index in [0.29, 0.717) is 32.7 Å². The van der Waals surface area contributed by atoms with Gasteiger partial charge in [0.2, 0.25) is 0 Å². The third-order valence-electron chi connectivity index (χ3n) is 3.91. The molecule has 0 amide bonds. The first kappa shape index (κ1) is 15.2. The molecule has 2 rings (SSSR count). The Hall–Kier alpha value is -1.23. The topological polar surface area (TPSA) is 55.6 Å². The molecule has 1 fully saturated rings. The van der Waals surface area contributed by atoms with Gasteiger partial charge in [0.15, 0.2) is 11.4 Å². The Morgan fingerprint density at radius 1 is 1.30 bits per heavy atom. The van der Waals surface area contributed by atoms with Gasteiger partial charge in [-0.25, -0.2) is 0 Å². The minimum absolute atomic E-state index is 0.104. The number of rotatable bonds is 6. The molecule has 1 aromatic rings. The molecular formula is C16H24N2O2. The van der Waals surface area contributed by atoms with Crippen molar-refractivity contribution in [3.05, 3.63) is 35.9 Å². The summed E-state index contributed by atoms with van der Waals surface area (Å²) >= 11 is 0. The highest BCUT2D eigenvalue weighted by molar-refractivity contribution is 5.89. The van der Waals surface area contributed by atoms with E-state index in [1.807, 2.05) is 30.3 Å². The van der Waals surface area contributed by atoms with Gasteiger partial charge in [-0.3, -0.25) is 9.69 Å². The quantitative estimate of drug-likeness (QED) is 0.862. The smallest absolute Gasteiger partial charge is 0.172 e. The highest BCUT2D eigenvalue weighted by atomic mass is 16.5. The van der Waals surface area contributed by atoms with E-state index >= 15 is 0 Å². The summed E-state index contributed by atoms with van der Waals surface area (Å²) in [6.07, 6.45) is 2.41. The third-order valence-corrected chi connectivity index (χ3v) is 3.91. The molecule has 110 valence electrons. The molecule has 0 saturated carbocycles. The van der Waals surface area contributed by atoms with Crippen LogP contribution < -0.4 is 5.73 Å². The Kier molecular flexibility index (Phi) is 5.29. The number of unbranched alkanes of at least 4 members (excludes halogenated alkanes) is 1. The minimum Gasteiger partial charge on any atom is -0.379 e. The van der Waals surface area contributed by atoms with E-state index in [1.165, 1.54) is 0 Å². The fraction of sp³-hybridized carbons (Fsp3) is 0.562. The minimum atomic E-state index is -1.01. The molecule has 1 atom stereocenters. The van der Waals surface area contributed by atoms with Crippen molar-refractivity contribution >= 4 is 5.78 Å². The number of carbonyl (C=O) groups is 1. The summed E-state index contributed by atoms with van der Waals surface area (Å²) < 4.78 is 5.38. The number of benzene rings is 1. The van der Waals surface area contributed by atoms with Crippen LogP contribution in [0.1, 0.15) is 31.7 Å². The largest absolute Gasteiger partial charge is 0.379 e. The summed E-state index contributed by atoms with van der Waals surface area (Å²) in [5.41, 5.74) is 6.46. The summed E-state index contributed by atoms with van der Waals surface area (Å²) in [6, 6.07) is 9.70. The second-order valence-corrected chi connectivity index (χ2v) is 5.26. The average Bonchev–Trinajstić information content (AvgIpc) is 2.53. The van der Waals surface area contributed by atoms with Crippen LogP contribution in [0.5, 0.6) is 0 Å². The number of Topliss-reactive ketones (excluding diaryl/α,β-unsaturated/α-hetero) is 1. The maximum absolute atomic E-state index is 12.7. The fourth-order valence-corrected chi connectivity index (χ4v) is 2.66. The van der Waals surface area contributed by atoms with Gasteiger partial charge in [-0.2, -0.15) is 0 Å². The van der Waals surface area contributed by atoms with Gasteiger partial charge >= 0.3 is 0 Å². The lowest BCUT2D eigenvalue weighted by Crippen LogP contribution is -2.61. The zero-order valence-corrected chi connectivity index (χ0v) is 12.2. The SMILES string of the molecule is CCCCC(=O)C(N)(c1ccccc1)N1CCOCC1. The van der Waals surface area contributed by atoms with Crippen LogP contribution in [-0.4, -0.2) is 37.0 Å². The van der Waals surface area contributed by atoms with Gasteiger partial charge in [0.05, 0.1) is 13.2 Å². The van der Waals surface area contributed by atoms with Crippen molar-refractivity contribution < 1.29 is 9.53 Å². The van der Waals surface area contributed by atoms with Gasteiger partial charge in [-0.1, -0.05) is 43.7 Å². The number of carbonyl (C=O) groups excluding carboxylic acids is 1. The molecule has 0 spiro atoms. The summed E-state index contributed by atoms with van der Waals surface area (Å²) in [5.74, 6) is 0.104. The van der Waals surface area contributed by atoms with E-state index in [2.05, 4.69) is 11.8 Å². The van der Waals surface area contributed by atoms with E-state index in [9.17, 15) is 4.79 Å². The molecule has 0 radical (unpaired) electrons. The summed E-state index contributed by atoms with van der Waals surface area (Å²) in [6.45, 7) is 4.74. The van der Waals surface area contributed by atoms with Crippen LogP contribution in [0.2, 0.25) is 0 Å². The van der Waals surface area contributed by atoms with Gasteiger partial charge in [0.25, 0.3) is 0 Å². The van der Waals surface area contributed by atoms with Crippen molar-refractivity contribution in [3.63, 3.8) is 0 Å². The van der Waals surface area contributed by atoms with Crippen LogP contribution in [-0.2, 0) is 15.2 Å². The number of hydrogen-bond acceptors (Lipinski definition) is 4. The molecule has 1 aliphatic heterocycles. The second-order valence-electron chi connectivity index (χ2n) is 5.26. The van der Waals surface area contributed by atoms with E-state index in [1.54, 1.807) is 0 Å². The molecule has 1 unspecified atom stereocenters. The molecule has 0 aliphatic carbocycles. The molecule has 4 nitrogen and oxygen atoms in total. The standard InChI is InChI=1S/C16H24N2O2/c1-2-3-9-15(19)16(17,14-7-5-4-6-8-14)18-10-12-20-13-11-18/h4-8H,2-3,9-13,17H2,1H3. The lowest BCUT2D eigenvalue weighted by molar-refractivity contribution is -0.135. The van der Waals surface area contributed by atoms with Crippen molar-refractivity contribution in [1.29, 1.82) is 0 Å². The normalized spacial score (nSPS) is 19.5. The summed E-state index contributed by atoms with van der Waals surface area (Å²) in [4.78, 5) is 14.8. The second kappa shape index (κ2) is 6.97. The average molecular weight is 276 g/mol. The zero-order chi connectivity index (χ0) is 14.4. The lowest BCUT2D eigenvalue weighted by atomic mass is 9.90. The lowest BCUT2D eigenvalue weighted by Gasteiger charge is -2.42. The van der Waals surface area contributed by atoms with E-state index in [4.69, 9.17) is 10.5 Å². The van der Waals surface area contributed by atoms with Crippen molar-refractivity contribution in [2.75, 3.05) is 26.3 Å². The van der Waals surface area contributed by atoms with Gasteiger partial charge in [0, 0.05) is 19.5 Å². The number of ether oxygens (including phenoxy) is 1. The molecule has 1 heterocycles. The Morgan fingerprint density at radius 2 is 1.95 bits per heavy atom. The maximum atomic E-state index is 12.7. The third kappa shape index (κ3) is 3.08. The Bertz CT molecular complexity index is 429. The van der Waals surface area contributed by atoms with Gasteiger partial charge in [0.1, 0.15) is 0 Å². The zero-order valence-electron chi connectivity index (χ0n) is 12.2. The van der Waals surface area contributed by atoms with Crippen molar-refractivity contribution in [2.45, 2.75) is 31.8 Å². The predicted octanol–water partition coefficient (Wildman–Crippen LogP) is 1.89. The van der Waals surface area contributed by atoms with Crippen LogP contribution in [0.3, 0.4) is 0 Å². The number of hydrogen-bond donors (Lipinski definition) is 1. The Morgan fingerprint density at radius 3 is 2.55 bits per heavy atom. The van der Waals surface area contributed by atoms with Gasteiger partial charge < -0.3 is 10.5 Å². The molecule has 20 heavy (non-hydrogen) atoms. The van der Waals surface area contributed by atoms with E-state index in [-0.39, 0.29) is 5.78 Å². The highest BCUT2D eigenvalue weighted by Crippen LogP contribution is 2.27. The fourth-order valence-electron chi connectivity index (χ4n) is 2.66. The van der Waals surface area contributed by atoms with Crippen LogP contribution in [0, 0.1) is 0 Å². The van der Waals surface area contributed by atoms with Crippen LogP contribution in [0.15, 0.2) is 30.3 Å². The molecule has 2 N–H and O–H groups in total. The Balaban J connectivity index is 2.29. The molecule has 0 aromatic heterocycles. The first-order chi connectivity index (χ1) is 9.69. The Labute approximate surface area is 120 Å². The number of ketones is 1. The van der Waals surface area contributed by atoms with Crippen LogP contribution in [0.25, 0.3) is 0 Å². The van der Waals surface area contributed by atoms with Crippen molar-refractivity contribution in [3.8, 4) is 0 Å². The van der Waals surface area contributed by atoms with Crippen molar-refractivity contribution in [1.82, 2.24) is 4.90 Å². The number of nitrogens with two attached hydrogens (primary N) is 1. The molecule has 4 heteroatoms. The molecule has 1 aromatic carbocycles. The molecular weight excluding hydrogens is 252 g/mol. The molecule has 0 bridgehead atoms. The molecule has 1 aliphatic rings. The van der Waals surface area contributed by atoms with E-state index < -0.39 is 5.66 Å². The summed E-state index contributed by atoms with van der Waals surface area (Å²) in [5, 5.41) is 0. The van der Waals surface area contributed by atoms with Crippen LogP contribution >= 0.6 is 0 Å². The van der Waals surface area contributed by atoms with Crippen molar-refractivity contribution in [2.24, 2.45) is 5.73 Å². The monoisotopic (exact) mass is 276 g/mol. The highest BCUT2D eigenvalue weighted by Gasteiger charge is 2.41. The number of nitrogens with zero attached hydrogens (tertiary/aromatic N) is 1. The summed E-state index contributed by atoms with van der Waals surface area (Å²) in [7, 11) is 0. The van der Waals surface area contributed by atoms with Gasteiger partial charge in [-0.05, 0) is 12.0 Å². The van der Waals surface area contributed by atoms with Gasteiger partial charge in [-0.15, -0.1) is 0 Å². The first-order valence-corrected chi connectivity index (χ1v) is 7.40. The van der Waals surface area contributed by atoms with E-state index in [0.717, 1.165) is 18.4 Å². The first-order valence-electron chi connectivity index (χ1n) is 7.40. The predicted molar refractivity (Wildman–Crippen MR) is 79.2 cm³/mol.